The molecule has 28 heavy (non-hydrogen) atoms. The van der Waals surface area contributed by atoms with Crippen LogP contribution in [0.15, 0.2) is 42.9 Å². The second-order valence-electron chi connectivity index (χ2n) is 5.82. The molecule has 9 nitrogen and oxygen atoms in total. The largest absolute Gasteiger partial charge is 0.497 e. The number of aromatic nitrogens is 4. The van der Waals surface area contributed by atoms with Gasteiger partial charge in [-0.25, -0.2) is 4.98 Å². The van der Waals surface area contributed by atoms with Gasteiger partial charge in [-0.15, -0.1) is 0 Å². The maximum Gasteiger partial charge on any atom is 0.241 e. The highest BCUT2D eigenvalue weighted by atomic mass is 35.5. The Bertz CT molecular complexity index is 961. The second kappa shape index (κ2) is 9.05. The van der Waals surface area contributed by atoms with Gasteiger partial charge in [0.15, 0.2) is 5.82 Å². The molecule has 0 saturated heterocycles. The summed E-state index contributed by atoms with van der Waals surface area (Å²) in [5.41, 5.74) is 1.68. The van der Waals surface area contributed by atoms with Crippen molar-refractivity contribution in [3.8, 4) is 5.75 Å². The van der Waals surface area contributed by atoms with Crippen molar-refractivity contribution in [1.29, 1.82) is 0 Å². The van der Waals surface area contributed by atoms with Crippen molar-refractivity contribution in [3.63, 3.8) is 0 Å². The van der Waals surface area contributed by atoms with Gasteiger partial charge in [0.25, 0.3) is 0 Å². The summed E-state index contributed by atoms with van der Waals surface area (Å²) in [6.45, 7) is 0.657. The fourth-order valence-electron chi connectivity index (χ4n) is 2.39. The van der Waals surface area contributed by atoms with Gasteiger partial charge in [-0.3, -0.25) is 9.48 Å². The number of nitrogens with one attached hydrogen (secondary N) is 3. The van der Waals surface area contributed by atoms with E-state index in [2.05, 4.69) is 31.0 Å². The number of likely N-dealkylation sites (N-methyl/N-ethyl adjacent to an activating group) is 1. The van der Waals surface area contributed by atoms with Crippen molar-refractivity contribution >= 4 is 35.0 Å². The summed E-state index contributed by atoms with van der Waals surface area (Å²) in [5.74, 6) is 1.50. The Kier molecular flexibility index (Phi) is 6.28. The zero-order valence-corrected chi connectivity index (χ0v) is 16.2. The molecule has 0 aliphatic carbocycles. The molecule has 0 atom stereocenters. The third-order valence-corrected chi connectivity index (χ3v) is 4.09. The van der Waals surface area contributed by atoms with Gasteiger partial charge in [-0.2, -0.15) is 10.1 Å². The van der Waals surface area contributed by atoms with E-state index >= 15 is 0 Å². The molecule has 0 fully saturated rings. The maximum absolute atomic E-state index is 11.4. The number of rotatable bonds is 8. The predicted octanol–water partition coefficient (Wildman–Crippen LogP) is 2.44. The van der Waals surface area contributed by atoms with E-state index in [9.17, 15) is 4.79 Å². The lowest BCUT2D eigenvalue weighted by Crippen LogP contribution is -2.23. The molecule has 3 N–H and O–H groups in total. The van der Waals surface area contributed by atoms with Gasteiger partial charge >= 0.3 is 0 Å². The summed E-state index contributed by atoms with van der Waals surface area (Å²) in [5, 5.41) is 13.3. The monoisotopic (exact) mass is 401 g/mol. The topological polar surface area (TPSA) is 106 Å². The molecule has 0 saturated carbocycles. The molecule has 2 aromatic heterocycles. The fourth-order valence-corrected chi connectivity index (χ4v) is 2.55. The number of halogens is 1. The van der Waals surface area contributed by atoms with Gasteiger partial charge in [-0.1, -0.05) is 23.7 Å². The van der Waals surface area contributed by atoms with Crippen LogP contribution in [0.2, 0.25) is 5.02 Å². The van der Waals surface area contributed by atoms with Crippen LogP contribution in [0.5, 0.6) is 5.75 Å². The number of amides is 1. The number of nitrogens with zero attached hydrogens (tertiary/aromatic N) is 4. The highest BCUT2D eigenvalue weighted by molar-refractivity contribution is 6.32. The van der Waals surface area contributed by atoms with Gasteiger partial charge in [0, 0.05) is 19.8 Å². The summed E-state index contributed by atoms with van der Waals surface area (Å²) in [7, 11) is 3.20. The molecule has 0 spiro atoms. The molecule has 3 rings (SSSR count). The third kappa shape index (κ3) is 5.10. The van der Waals surface area contributed by atoms with E-state index in [0.717, 1.165) is 11.3 Å². The Hall–Kier alpha value is -3.33. The number of anilines is 3. The van der Waals surface area contributed by atoms with Crippen molar-refractivity contribution in [2.45, 2.75) is 13.1 Å². The minimum absolute atomic E-state index is 0.132. The molecule has 1 aromatic carbocycles. The van der Waals surface area contributed by atoms with E-state index in [4.69, 9.17) is 16.3 Å². The summed E-state index contributed by atoms with van der Waals surface area (Å²) < 4.78 is 6.74. The number of carbonyl (C=O) groups excluding carboxylic acids is 1. The number of hydrogen-bond donors (Lipinski definition) is 3. The van der Waals surface area contributed by atoms with Crippen molar-refractivity contribution in [3.05, 3.63) is 53.4 Å². The minimum atomic E-state index is -0.138. The van der Waals surface area contributed by atoms with Crippen LogP contribution >= 0.6 is 11.6 Å². The first-order chi connectivity index (χ1) is 13.6. The first kappa shape index (κ1) is 19.4. The molecule has 0 bridgehead atoms. The standard InChI is InChI=1S/C18H20ClN7O2/c1-20-16(27)11-26-10-13(8-23-26)24-18-22-9-15(19)17(25-18)21-7-12-4-3-5-14(6-12)28-2/h3-6,8-10H,7,11H2,1-2H3,(H,20,27)(H2,21,22,24,25). The fraction of sp³-hybridized carbons (Fsp3) is 0.222. The molecule has 146 valence electrons. The number of carbonyl (C=O) groups is 1. The van der Waals surface area contributed by atoms with Crippen molar-refractivity contribution in [2.24, 2.45) is 0 Å². The molecule has 0 aliphatic rings. The highest BCUT2D eigenvalue weighted by Crippen LogP contribution is 2.22. The molecule has 0 unspecified atom stereocenters. The highest BCUT2D eigenvalue weighted by Gasteiger charge is 2.08. The Morgan fingerprint density at radius 1 is 1.32 bits per heavy atom. The Morgan fingerprint density at radius 3 is 2.96 bits per heavy atom. The molecule has 1 amide bonds. The van der Waals surface area contributed by atoms with Crippen molar-refractivity contribution < 1.29 is 9.53 Å². The SMILES string of the molecule is CNC(=O)Cn1cc(Nc2ncc(Cl)c(NCc3cccc(OC)c3)n2)cn1. The number of hydrogen-bond acceptors (Lipinski definition) is 7. The molecule has 10 heteroatoms. The molecular weight excluding hydrogens is 382 g/mol. The van der Waals surface area contributed by atoms with Crippen molar-refractivity contribution in [2.75, 3.05) is 24.8 Å². The van der Waals surface area contributed by atoms with Crippen LogP contribution in [0, 0.1) is 0 Å². The Balaban J connectivity index is 1.66. The van der Waals surface area contributed by atoms with Crippen LogP contribution in [0.25, 0.3) is 0 Å². The summed E-state index contributed by atoms with van der Waals surface area (Å²) in [6, 6.07) is 7.71. The van der Waals surface area contributed by atoms with Gasteiger partial charge in [-0.05, 0) is 17.7 Å². The maximum atomic E-state index is 11.4. The van der Waals surface area contributed by atoms with Crippen molar-refractivity contribution in [1.82, 2.24) is 25.1 Å². The molecule has 0 radical (unpaired) electrons. The Labute approximate surface area is 167 Å². The zero-order chi connectivity index (χ0) is 19.9. The van der Waals surface area contributed by atoms with E-state index in [1.807, 2.05) is 24.3 Å². The van der Waals surface area contributed by atoms with Crippen LogP contribution in [0.1, 0.15) is 5.56 Å². The molecule has 2 heterocycles. The summed E-state index contributed by atoms with van der Waals surface area (Å²) in [6.07, 6.45) is 4.79. The van der Waals surface area contributed by atoms with E-state index < -0.39 is 0 Å². The lowest BCUT2D eigenvalue weighted by molar-refractivity contribution is -0.121. The first-order valence-electron chi connectivity index (χ1n) is 8.47. The number of methoxy groups -OCH3 is 1. The smallest absolute Gasteiger partial charge is 0.241 e. The molecular formula is C18H20ClN7O2. The predicted molar refractivity (Wildman–Crippen MR) is 107 cm³/mol. The van der Waals surface area contributed by atoms with E-state index in [1.54, 1.807) is 26.6 Å². The summed E-state index contributed by atoms with van der Waals surface area (Å²) in [4.78, 5) is 20.0. The minimum Gasteiger partial charge on any atom is -0.497 e. The lowest BCUT2D eigenvalue weighted by Gasteiger charge is -2.10. The van der Waals surface area contributed by atoms with E-state index in [-0.39, 0.29) is 12.5 Å². The van der Waals surface area contributed by atoms with Gasteiger partial charge in [0.2, 0.25) is 11.9 Å². The van der Waals surface area contributed by atoms with Crippen LogP contribution in [0.4, 0.5) is 17.5 Å². The molecule has 0 aliphatic heterocycles. The average Bonchev–Trinajstić information content (AvgIpc) is 3.15. The average molecular weight is 402 g/mol. The molecule has 3 aromatic rings. The van der Waals surface area contributed by atoms with Crippen LogP contribution < -0.4 is 20.7 Å². The lowest BCUT2D eigenvalue weighted by atomic mass is 10.2. The number of ether oxygens (including phenoxy) is 1. The summed E-state index contributed by atoms with van der Waals surface area (Å²) >= 11 is 6.20. The van der Waals surface area contributed by atoms with Crippen LogP contribution in [-0.4, -0.2) is 39.8 Å². The second-order valence-corrected chi connectivity index (χ2v) is 6.23. The van der Waals surface area contributed by atoms with Gasteiger partial charge in [0.05, 0.1) is 25.2 Å². The Morgan fingerprint density at radius 2 is 2.18 bits per heavy atom. The quantitative estimate of drug-likeness (QED) is 0.532. The van der Waals surface area contributed by atoms with Crippen LogP contribution in [-0.2, 0) is 17.9 Å². The first-order valence-corrected chi connectivity index (χ1v) is 8.84. The van der Waals surface area contributed by atoms with E-state index in [1.165, 1.54) is 10.9 Å². The van der Waals surface area contributed by atoms with Crippen LogP contribution in [0.3, 0.4) is 0 Å². The zero-order valence-electron chi connectivity index (χ0n) is 15.4. The van der Waals surface area contributed by atoms with Gasteiger partial charge < -0.3 is 20.7 Å². The van der Waals surface area contributed by atoms with E-state index in [0.29, 0.717) is 29.0 Å². The normalized spacial score (nSPS) is 10.4. The number of benzene rings is 1. The van der Waals surface area contributed by atoms with Gasteiger partial charge in [0.1, 0.15) is 17.3 Å². The third-order valence-electron chi connectivity index (χ3n) is 3.81.